The van der Waals surface area contributed by atoms with Gasteiger partial charge in [-0.1, -0.05) is 0 Å². The molecule has 0 bridgehead atoms. The van der Waals surface area contributed by atoms with E-state index in [9.17, 15) is 13.2 Å². The lowest BCUT2D eigenvalue weighted by Gasteiger charge is -2.09. The van der Waals surface area contributed by atoms with Crippen molar-refractivity contribution < 1.29 is 13.2 Å². The molecule has 1 aromatic rings. The van der Waals surface area contributed by atoms with Gasteiger partial charge in [0, 0.05) is 17.9 Å². The first kappa shape index (κ1) is 16.1. The quantitative estimate of drug-likeness (QED) is 0.667. The van der Waals surface area contributed by atoms with E-state index in [-0.39, 0.29) is 10.8 Å². The van der Waals surface area contributed by atoms with Gasteiger partial charge < -0.3 is 11.1 Å². The molecule has 0 spiro atoms. The van der Waals surface area contributed by atoms with Crippen molar-refractivity contribution >= 4 is 37.5 Å². The molecule has 1 amide bonds. The normalized spacial score (nSPS) is 11.3. The third kappa shape index (κ3) is 4.90. The molecule has 0 saturated heterocycles. The first-order valence-corrected chi connectivity index (χ1v) is 7.91. The molecule has 19 heavy (non-hydrogen) atoms. The van der Waals surface area contributed by atoms with Gasteiger partial charge in [-0.15, -0.1) is 0 Å². The highest BCUT2D eigenvalue weighted by atomic mass is 79.9. The predicted octanol–water partition coefficient (Wildman–Crippen LogP) is 1.03. The number of halogens is 1. The third-order valence-corrected chi connectivity index (χ3v) is 4.35. The van der Waals surface area contributed by atoms with Crippen LogP contribution in [0.25, 0.3) is 0 Å². The number of carbonyl (C=O) groups is 1. The van der Waals surface area contributed by atoms with Crippen molar-refractivity contribution in [1.29, 1.82) is 0 Å². The number of rotatable bonds is 6. The lowest BCUT2D eigenvalue weighted by molar-refractivity contribution is -0.114. The third-order valence-electron chi connectivity index (χ3n) is 2.23. The Morgan fingerprint density at radius 1 is 1.42 bits per heavy atom. The van der Waals surface area contributed by atoms with Crippen molar-refractivity contribution in [3.8, 4) is 0 Å². The van der Waals surface area contributed by atoms with Crippen LogP contribution >= 0.6 is 15.9 Å². The molecule has 106 valence electrons. The number of hydrogen-bond acceptors (Lipinski definition) is 4. The van der Waals surface area contributed by atoms with Crippen molar-refractivity contribution in [3.05, 3.63) is 22.7 Å². The fourth-order valence-electron chi connectivity index (χ4n) is 1.35. The molecule has 0 saturated carbocycles. The number of anilines is 1. The van der Waals surface area contributed by atoms with Crippen molar-refractivity contribution in [3.63, 3.8) is 0 Å². The van der Waals surface area contributed by atoms with Gasteiger partial charge in [0.05, 0.1) is 10.6 Å². The summed E-state index contributed by atoms with van der Waals surface area (Å²) in [6.45, 7) is 2.10. The standard InChI is InChI=1S/C11H16BrN3O3S/c1-8(16)15-11-4-3-9(7-10(11)12)19(17,18)14-6-2-5-13/h3-4,7,14H,2,5-6,13H2,1H3,(H,15,16). The van der Waals surface area contributed by atoms with Gasteiger partial charge in [-0.25, -0.2) is 13.1 Å². The van der Waals surface area contributed by atoms with E-state index in [1.807, 2.05) is 0 Å². The van der Waals surface area contributed by atoms with Crippen LogP contribution in [0.15, 0.2) is 27.6 Å². The topological polar surface area (TPSA) is 101 Å². The van der Waals surface area contributed by atoms with Gasteiger partial charge in [0.2, 0.25) is 15.9 Å². The highest BCUT2D eigenvalue weighted by molar-refractivity contribution is 9.10. The zero-order valence-corrected chi connectivity index (χ0v) is 12.8. The van der Waals surface area contributed by atoms with Crippen LogP contribution in [-0.2, 0) is 14.8 Å². The van der Waals surface area contributed by atoms with Gasteiger partial charge in [0.25, 0.3) is 0 Å². The SMILES string of the molecule is CC(=O)Nc1ccc(S(=O)(=O)NCCCN)cc1Br. The highest BCUT2D eigenvalue weighted by Gasteiger charge is 2.15. The summed E-state index contributed by atoms with van der Waals surface area (Å²) in [6.07, 6.45) is 0.574. The smallest absolute Gasteiger partial charge is 0.240 e. The zero-order valence-electron chi connectivity index (χ0n) is 10.4. The van der Waals surface area contributed by atoms with Crippen molar-refractivity contribution in [2.45, 2.75) is 18.2 Å². The van der Waals surface area contributed by atoms with Crippen LogP contribution in [0.4, 0.5) is 5.69 Å². The molecule has 0 aromatic heterocycles. The van der Waals surface area contributed by atoms with Gasteiger partial charge in [0.15, 0.2) is 0 Å². The summed E-state index contributed by atoms with van der Waals surface area (Å²) < 4.78 is 26.8. The second kappa shape index (κ2) is 6.99. The summed E-state index contributed by atoms with van der Waals surface area (Å²) in [7, 11) is -3.55. The average molecular weight is 350 g/mol. The average Bonchev–Trinajstić information content (AvgIpc) is 2.31. The molecule has 0 radical (unpaired) electrons. The summed E-state index contributed by atoms with van der Waals surface area (Å²) in [5, 5.41) is 2.59. The summed E-state index contributed by atoms with van der Waals surface area (Å²) >= 11 is 3.22. The Kier molecular flexibility index (Phi) is 5.92. The van der Waals surface area contributed by atoms with E-state index >= 15 is 0 Å². The van der Waals surface area contributed by atoms with Gasteiger partial charge in [-0.05, 0) is 47.1 Å². The molecule has 0 aliphatic rings. The molecule has 0 unspecified atom stereocenters. The molecular formula is C11H16BrN3O3S. The van der Waals surface area contributed by atoms with E-state index in [4.69, 9.17) is 5.73 Å². The Labute approximate surface area is 120 Å². The summed E-state index contributed by atoms with van der Waals surface area (Å²) in [6, 6.07) is 4.40. The van der Waals surface area contributed by atoms with Crippen LogP contribution < -0.4 is 15.8 Å². The minimum Gasteiger partial charge on any atom is -0.330 e. The van der Waals surface area contributed by atoms with Crippen LogP contribution in [0.2, 0.25) is 0 Å². The number of nitrogens with one attached hydrogen (secondary N) is 2. The Morgan fingerprint density at radius 3 is 2.63 bits per heavy atom. The number of nitrogens with two attached hydrogens (primary N) is 1. The molecule has 0 fully saturated rings. The molecule has 1 rings (SSSR count). The first-order valence-electron chi connectivity index (χ1n) is 5.63. The number of hydrogen-bond donors (Lipinski definition) is 3. The number of benzene rings is 1. The Bertz CT molecular complexity index is 560. The van der Waals surface area contributed by atoms with Crippen LogP contribution in [0, 0.1) is 0 Å². The maximum Gasteiger partial charge on any atom is 0.240 e. The summed E-state index contributed by atoms with van der Waals surface area (Å²) in [5.41, 5.74) is 5.83. The fourth-order valence-corrected chi connectivity index (χ4v) is 3.08. The predicted molar refractivity (Wildman–Crippen MR) is 77.3 cm³/mol. The van der Waals surface area contributed by atoms with Crippen LogP contribution in [-0.4, -0.2) is 27.4 Å². The molecular weight excluding hydrogens is 334 g/mol. The zero-order chi connectivity index (χ0) is 14.5. The number of sulfonamides is 1. The van der Waals surface area contributed by atoms with E-state index in [1.54, 1.807) is 0 Å². The van der Waals surface area contributed by atoms with Crippen LogP contribution in [0.3, 0.4) is 0 Å². The van der Waals surface area contributed by atoms with Gasteiger partial charge in [-0.2, -0.15) is 0 Å². The van der Waals surface area contributed by atoms with Gasteiger partial charge >= 0.3 is 0 Å². The lowest BCUT2D eigenvalue weighted by Crippen LogP contribution is -2.26. The monoisotopic (exact) mass is 349 g/mol. The lowest BCUT2D eigenvalue weighted by atomic mass is 10.3. The van der Waals surface area contributed by atoms with E-state index < -0.39 is 10.0 Å². The second-order valence-corrected chi connectivity index (χ2v) is 6.48. The first-order chi connectivity index (χ1) is 8.86. The Balaban J connectivity index is 2.90. The van der Waals surface area contributed by atoms with Gasteiger partial charge in [-0.3, -0.25) is 4.79 Å². The maximum atomic E-state index is 11.9. The Morgan fingerprint density at radius 2 is 2.11 bits per heavy atom. The Hall–Kier alpha value is -0.960. The molecule has 8 heteroatoms. The minimum atomic E-state index is -3.55. The van der Waals surface area contributed by atoms with E-state index in [0.717, 1.165) is 0 Å². The van der Waals surface area contributed by atoms with Crippen LogP contribution in [0.5, 0.6) is 0 Å². The highest BCUT2D eigenvalue weighted by Crippen LogP contribution is 2.25. The van der Waals surface area contributed by atoms with Crippen molar-refractivity contribution in [2.24, 2.45) is 5.73 Å². The molecule has 0 aliphatic heterocycles. The molecule has 1 aromatic carbocycles. The largest absolute Gasteiger partial charge is 0.330 e. The summed E-state index contributed by atoms with van der Waals surface area (Å²) in [4.78, 5) is 11.1. The van der Waals surface area contributed by atoms with E-state index in [2.05, 4.69) is 26.0 Å². The maximum absolute atomic E-state index is 11.9. The molecule has 0 aliphatic carbocycles. The molecule has 4 N–H and O–H groups in total. The molecule has 6 nitrogen and oxygen atoms in total. The summed E-state index contributed by atoms with van der Waals surface area (Å²) in [5.74, 6) is -0.225. The fraction of sp³-hybridized carbons (Fsp3) is 0.364. The van der Waals surface area contributed by atoms with Crippen molar-refractivity contribution in [1.82, 2.24) is 4.72 Å². The van der Waals surface area contributed by atoms with Gasteiger partial charge in [0.1, 0.15) is 0 Å². The molecule has 0 atom stereocenters. The van der Waals surface area contributed by atoms with Crippen molar-refractivity contribution in [2.75, 3.05) is 18.4 Å². The number of amides is 1. The molecule has 0 heterocycles. The second-order valence-electron chi connectivity index (χ2n) is 3.86. The van der Waals surface area contributed by atoms with E-state index in [0.29, 0.717) is 29.7 Å². The number of carbonyl (C=O) groups excluding carboxylic acids is 1. The van der Waals surface area contributed by atoms with E-state index in [1.165, 1.54) is 25.1 Å². The van der Waals surface area contributed by atoms with Crippen LogP contribution in [0.1, 0.15) is 13.3 Å². The minimum absolute atomic E-state index is 0.130.